The summed E-state index contributed by atoms with van der Waals surface area (Å²) in [5.41, 5.74) is 1.59. The van der Waals surface area contributed by atoms with Gasteiger partial charge in [0.25, 0.3) is 5.56 Å². The number of likely N-dealkylation sites (tertiary alicyclic amines) is 1. The molecule has 4 rings (SSSR count). The van der Waals surface area contributed by atoms with Crippen LogP contribution in [-0.2, 0) is 7.05 Å². The summed E-state index contributed by atoms with van der Waals surface area (Å²) in [6.07, 6.45) is 3.64. The van der Waals surface area contributed by atoms with Crippen LogP contribution >= 0.6 is 15.9 Å². The molecule has 0 amide bonds. The van der Waals surface area contributed by atoms with Crippen molar-refractivity contribution in [1.82, 2.24) is 14.5 Å². The SMILES string of the molecule is CN1CC2CN(c3ccc(Nc4cc(Br)cn(C)c4=O)nc3)CC2C1. The van der Waals surface area contributed by atoms with Gasteiger partial charge in [-0.2, -0.15) is 0 Å². The first-order valence-electron chi connectivity index (χ1n) is 8.52. The molecule has 7 heteroatoms. The summed E-state index contributed by atoms with van der Waals surface area (Å²) in [6.45, 7) is 4.60. The number of aryl methyl sites for hydroxylation is 1. The number of halogens is 1. The van der Waals surface area contributed by atoms with Crippen molar-refractivity contribution in [2.24, 2.45) is 18.9 Å². The van der Waals surface area contributed by atoms with Crippen molar-refractivity contribution < 1.29 is 0 Å². The molecule has 2 fully saturated rings. The number of hydrogen-bond acceptors (Lipinski definition) is 5. The summed E-state index contributed by atoms with van der Waals surface area (Å²) in [5, 5.41) is 3.12. The average molecular weight is 404 g/mol. The van der Waals surface area contributed by atoms with Gasteiger partial charge >= 0.3 is 0 Å². The summed E-state index contributed by atoms with van der Waals surface area (Å²) in [4.78, 5) is 21.5. The monoisotopic (exact) mass is 403 g/mol. The van der Waals surface area contributed by atoms with Crippen LogP contribution in [0.1, 0.15) is 0 Å². The molecule has 6 nitrogen and oxygen atoms in total. The van der Waals surface area contributed by atoms with Crippen molar-refractivity contribution in [1.29, 1.82) is 0 Å². The molecule has 2 aromatic rings. The lowest BCUT2D eigenvalue weighted by Crippen LogP contribution is -2.26. The average Bonchev–Trinajstić information content (AvgIpc) is 3.10. The van der Waals surface area contributed by atoms with E-state index in [1.807, 2.05) is 12.3 Å². The van der Waals surface area contributed by atoms with Crippen molar-refractivity contribution >= 4 is 33.1 Å². The molecule has 0 saturated carbocycles. The highest BCUT2D eigenvalue weighted by molar-refractivity contribution is 9.10. The fourth-order valence-corrected chi connectivity index (χ4v) is 4.52. The molecule has 0 spiro atoms. The Bertz CT molecular complexity index is 820. The Morgan fingerprint density at radius 3 is 2.52 bits per heavy atom. The lowest BCUT2D eigenvalue weighted by molar-refractivity contribution is 0.387. The third-order valence-corrected chi connectivity index (χ3v) is 5.63. The van der Waals surface area contributed by atoms with Gasteiger partial charge in [-0.1, -0.05) is 0 Å². The molecule has 2 aliphatic rings. The molecule has 0 radical (unpaired) electrons. The van der Waals surface area contributed by atoms with E-state index in [2.05, 4.69) is 49.1 Å². The van der Waals surface area contributed by atoms with Crippen LogP contribution in [-0.4, -0.2) is 47.7 Å². The van der Waals surface area contributed by atoms with Crippen LogP contribution in [0.4, 0.5) is 17.2 Å². The first-order valence-corrected chi connectivity index (χ1v) is 9.31. The van der Waals surface area contributed by atoms with Crippen LogP contribution in [0.3, 0.4) is 0 Å². The largest absolute Gasteiger partial charge is 0.370 e. The summed E-state index contributed by atoms with van der Waals surface area (Å²) >= 11 is 3.41. The third kappa shape index (κ3) is 3.30. The molecular weight excluding hydrogens is 382 g/mol. The van der Waals surface area contributed by atoms with Crippen LogP contribution in [0.2, 0.25) is 0 Å². The standard InChI is InChI=1S/C18H22BrN5O/c1-22-7-12-9-24(10-13(12)8-22)15-3-4-17(20-6-15)21-16-5-14(19)11-23(2)18(16)25/h3-6,11-13H,7-10H2,1-2H3,(H,20,21). The zero-order valence-electron chi connectivity index (χ0n) is 14.4. The van der Waals surface area contributed by atoms with Gasteiger partial charge in [0.1, 0.15) is 11.5 Å². The number of aromatic nitrogens is 2. The molecule has 4 heterocycles. The van der Waals surface area contributed by atoms with Gasteiger partial charge in [0.2, 0.25) is 0 Å². The maximum atomic E-state index is 12.2. The van der Waals surface area contributed by atoms with Gasteiger partial charge in [-0.05, 0) is 53.0 Å². The highest BCUT2D eigenvalue weighted by Gasteiger charge is 2.38. The van der Waals surface area contributed by atoms with E-state index in [0.717, 1.165) is 35.1 Å². The second-order valence-corrected chi connectivity index (χ2v) is 8.08. The van der Waals surface area contributed by atoms with Crippen molar-refractivity contribution in [2.75, 3.05) is 43.4 Å². The van der Waals surface area contributed by atoms with Crippen LogP contribution < -0.4 is 15.8 Å². The minimum Gasteiger partial charge on any atom is -0.370 e. The maximum absolute atomic E-state index is 12.2. The molecule has 2 aliphatic heterocycles. The Morgan fingerprint density at radius 1 is 1.16 bits per heavy atom. The van der Waals surface area contributed by atoms with E-state index in [1.54, 1.807) is 23.9 Å². The van der Waals surface area contributed by atoms with Gasteiger partial charge in [0.05, 0.1) is 11.9 Å². The Labute approximate surface area is 155 Å². The predicted molar refractivity (Wildman–Crippen MR) is 104 cm³/mol. The van der Waals surface area contributed by atoms with E-state index < -0.39 is 0 Å². The fraction of sp³-hybridized carbons (Fsp3) is 0.444. The van der Waals surface area contributed by atoms with E-state index in [9.17, 15) is 4.79 Å². The van der Waals surface area contributed by atoms with Gasteiger partial charge in [-0.25, -0.2) is 4.98 Å². The number of fused-ring (bicyclic) bond motifs is 1. The summed E-state index contributed by atoms with van der Waals surface area (Å²) in [5.74, 6) is 2.22. The van der Waals surface area contributed by atoms with Crippen molar-refractivity contribution in [3.63, 3.8) is 0 Å². The van der Waals surface area contributed by atoms with E-state index in [0.29, 0.717) is 11.5 Å². The van der Waals surface area contributed by atoms with Crippen molar-refractivity contribution in [3.8, 4) is 0 Å². The molecule has 2 aromatic heterocycles. The molecule has 132 valence electrons. The Morgan fingerprint density at radius 2 is 1.88 bits per heavy atom. The molecule has 1 N–H and O–H groups in total. The zero-order chi connectivity index (χ0) is 17.6. The van der Waals surface area contributed by atoms with Crippen LogP contribution in [0.15, 0.2) is 39.9 Å². The Balaban J connectivity index is 1.47. The van der Waals surface area contributed by atoms with Crippen molar-refractivity contribution in [3.05, 3.63) is 45.4 Å². The Hall–Kier alpha value is -1.86. The minimum absolute atomic E-state index is 0.0782. The molecule has 2 unspecified atom stereocenters. The number of pyridine rings is 2. The van der Waals surface area contributed by atoms with Gasteiger partial charge in [-0.15, -0.1) is 0 Å². The number of nitrogens with zero attached hydrogens (tertiary/aromatic N) is 4. The smallest absolute Gasteiger partial charge is 0.274 e. The summed E-state index contributed by atoms with van der Waals surface area (Å²) in [6, 6.07) is 5.80. The third-order valence-electron chi connectivity index (χ3n) is 5.19. The molecule has 2 saturated heterocycles. The molecular formula is C18H22BrN5O. The number of hydrogen-bond donors (Lipinski definition) is 1. The van der Waals surface area contributed by atoms with E-state index in [-0.39, 0.29) is 5.56 Å². The zero-order valence-corrected chi connectivity index (χ0v) is 16.0. The lowest BCUT2D eigenvalue weighted by Gasteiger charge is -2.21. The molecule has 25 heavy (non-hydrogen) atoms. The maximum Gasteiger partial charge on any atom is 0.274 e. The number of nitrogens with one attached hydrogen (secondary N) is 1. The fourth-order valence-electron chi connectivity index (χ4n) is 3.98. The van der Waals surface area contributed by atoms with E-state index in [4.69, 9.17) is 0 Å². The highest BCUT2D eigenvalue weighted by Crippen LogP contribution is 2.33. The van der Waals surface area contributed by atoms with Gasteiger partial charge in [-0.3, -0.25) is 4.79 Å². The van der Waals surface area contributed by atoms with Crippen LogP contribution in [0, 0.1) is 11.8 Å². The number of rotatable bonds is 3. The van der Waals surface area contributed by atoms with Crippen molar-refractivity contribution in [2.45, 2.75) is 0 Å². The summed E-state index contributed by atoms with van der Waals surface area (Å²) in [7, 11) is 3.94. The van der Waals surface area contributed by atoms with E-state index >= 15 is 0 Å². The highest BCUT2D eigenvalue weighted by atomic mass is 79.9. The lowest BCUT2D eigenvalue weighted by atomic mass is 10.0. The van der Waals surface area contributed by atoms with Gasteiger partial charge < -0.3 is 19.7 Å². The van der Waals surface area contributed by atoms with E-state index in [1.165, 1.54) is 13.1 Å². The van der Waals surface area contributed by atoms with Gasteiger partial charge in [0.15, 0.2) is 0 Å². The minimum atomic E-state index is -0.0782. The molecule has 0 bridgehead atoms. The predicted octanol–water partition coefficient (Wildman–Crippen LogP) is 2.28. The molecule has 2 atom stereocenters. The quantitative estimate of drug-likeness (QED) is 0.851. The first-order chi connectivity index (χ1) is 12.0. The summed E-state index contributed by atoms with van der Waals surface area (Å²) < 4.78 is 2.39. The van der Waals surface area contributed by atoms with Gasteiger partial charge in [0, 0.05) is 43.9 Å². The Kier molecular flexibility index (Phi) is 4.29. The molecule has 0 aliphatic carbocycles. The second-order valence-electron chi connectivity index (χ2n) is 7.16. The first kappa shape index (κ1) is 16.6. The second kappa shape index (κ2) is 6.46. The normalized spacial score (nSPS) is 23.1. The number of anilines is 3. The topological polar surface area (TPSA) is 53.4 Å². The van der Waals surface area contributed by atoms with Crippen LogP contribution in [0.25, 0.3) is 0 Å². The van der Waals surface area contributed by atoms with Crippen LogP contribution in [0.5, 0.6) is 0 Å². The molecule has 0 aromatic carbocycles.